The molecule has 1 aliphatic heterocycles. The van der Waals surface area contributed by atoms with Gasteiger partial charge in [0.1, 0.15) is 17.7 Å². The van der Waals surface area contributed by atoms with E-state index in [4.69, 9.17) is 16.3 Å². The Hall–Kier alpha value is -1.22. The summed E-state index contributed by atoms with van der Waals surface area (Å²) in [5.41, 5.74) is 0. The summed E-state index contributed by atoms with van der Waals surface area (Å²) < 4.78 is 5.76. The summed E-state index contributed by atoms with van der Waals surface area (Å²) >= 11 is 5.51. The van der Waals surface area contributed by atoms with E-state index in [1.807, 2.05) is 30.3 Å². The Morgan fingerprint density at radius 2 is 2.19 bits per heavy atom. The van der Waals surface area contributed by atoms with E-state index in [0.717, 1.165) is 18.7 Å². The molecule has 1 amide bonds. The molecular formula is C12H14ClNO2. The molecule has 2 rings (SSSR count). The predicted octanol–water partition coefficient (Wildman–Crippen LogP) is 1.91. The summed E-state index contributed by atoms with van der Waals surface area (Å²) in [4.78, 5) is 13.1. The Morgan fingerprint density at radius 1 is 1.44 bits per heavy atom. The number of amides is 1. The van der Waals surface area contributed by atoms with E-state index >= 15 is 0 Å². The molecular weight excluding hydrogens is 226 g/mol. The van der Waals surface area contributed by atoms with Crippen molar-refractivity contribution in [3.8, 4) is 5.75 Å². The van der Waals surface area contributed by atoms with Crippen LogP contribution in [0, 0.1) is 0 Å². The molecule has 0 radical (unpaired) electrons. The number of nitrogens with zero attached hydrogens (tertiary/aromatic N) is 1. The van der Waals surface area contributed by atoms with Gasteiger partial charge < -0.3 is 9.64 Å². The smallest absolute Gasteiger partial charge is 0.237 e. The Labute approximate surface area is 100.0 Å². The minimum atomic E-state index is -0.0131. The van der Waals surface area contributed by atoms with Crippen LogP contribution < -0.4 is 4.74 Å². The highest BCUT2D eigenvalue weighted by Gasteiger charge is 2.26. The van der Waals surface area contributed by atoms with Crippen molar-refractivity contribution in [2.24, 2.45) is 0 Å². The van der Waals surface area contributed by atoms with Gasteiger partial charge in [-0.3, -0.25) is 4.79 Å². The van der Waals surface area contributed by atoms with Crippen LogP contribution in [0.1, 0.15) is 6.42 Å². The Bertz CT molecular complexity index is 355. The number of benzene rings is 1. The van der Waals surface area contributed by atoms with Crippen molar-refractivity contribution in [3.05, 3.63) is 30.3 Å². The molecule has 4 heteroatoms. The molecule has 1 atom stereocenters. The van der Waals surface area contributed by atoms with Gasteiger partial charge in [0, 0.05) is 13.0 Å². The first kappa shape index (κ1) is 11.3. The summed E-state index contributed by atoms with van der Waals surface area (Å²) in [5.74, 6) is 0.895. The van der Waals surface area contributed by atoms with Gasteiger partial charge in [0.25, 0.3) is 0 Å². The molecule has 1 aromatic carbocycles. The van der Waals surface area contributed by atoms with Crippen LogP contribution in [0.3, 0.4) is 0 Å². The molecule has 0 bridgehead atoms. The molecule has 1 aliphatic rings. The molecule has 0 spiro atoms. The highest BCUT2D eigenvalue weighted by molar-refractivity contribution is 6.27. The molecule has 0 aliphatic carbocycles. The van der Waals surface area contributed by atoms with Crippen molar-refractivity contribution in [2.45, 2.75) is 12.5 Å². The zero-order chi connectivity index (χ0) is 11.4. The first-order chi connectivity index (χ1) is 7.79. The van der Waals surface area contributed by atoms with Gasteiger partial charge in [0.15, 0.2) is 0 Å². The van der Waals surface area contributed by atoms with E-state index in [9.17, 15) is 4.79 Å². The summed E-state index contributed by atoms with van der Waals surface area (Å²) in [6, 6.07) is 9.67. The van der Waals surface area contributed by atoms with Gasteiger partial charge in [-0.2, -0.15) is 0 Å². The number of likely N-dealkylation sites (tertiary alicyclic amines) is 1. The zero-order valence-electron chi connectivity index (χ0n) is 8.93. The second-order valence-corrected chi connectivity index (χ2v) is 4.08. The number of hydrogen-bond acceptors (Lipinski definition) is 2. The second-order valence-electron chi connectivity index (χ2n) is 3.81. The fourth-order valence-corrected chi connectivity index (χ4v) is 2.00. The van der Waals surface area contributed by atoms with Crippen LogP contribution in [0.5, 0.6) is 5.75 Å². The van der Waals surface area contributed by atoms with Crippen LogP contribution in [-0.4, -0.2) is 35.9 Å². The predicted molar refractivity (Wildman–Crippen MR) is 62.8 cm³/mol. The van der Waals surface area contributed by atoms with E-state index in [1.165, 1.54) is 0 Å². The topological polar surface area (TPSA) is 29.5 Å². The van der Waals surface area contributed by atoms with Gasteiger partial charge in [0.2, 0.25) is 5.91 Å². The zero-order valence-corrected chi connectivity index (χ0v) is 9.69. The van der Waals surface area contributed by atoms with E-state index in [2.05, 4.69) is 0 Å². The average Bonchev–Trinajstić information content (AvgIpc) is 2.78. The van der Waals surface area contributed by atoms with E-state index < -0.39 is 0 Å². The molecule has 86 valence electrons. The lowest BCUT2D eigenvalue weighted by atomic mass is 10.3. The SMILES string of the molecule is O=C(CCl)N1CC[C@@H](Oc2ccccc2)C1. The number of rotatable bonds is 3. The molecule has 1 fully saturated rings. The fraction of sp³-hybridized carbons (Fsp3) is 0.417. The van der Waals surface area contributed by atoms with Crippen LogP contribution in [0.25, 0.3) is 0 Å². The quantitative estimate of drug-likeness (QED) is 0.754. The maximum Gasteiger partial charge on any atom is 0.237 e. The molecule has 0 aromatic heterocycles. The number of ether oxygens (including phenoxy) is 1. The number of para-hydroxylation sites is 1. The van der Waals surface area contributed by atoms with Crippen LogP contribution in [0.4, 0.5) is 0 Å². The Morgan fingerprint density at radius 3 is 2.88 bits per heavy atom. The van der Waals surface area contributed by atoms with Crippen molar-refractivity contribution in [3.63, 3.8) is 0 Å². The molecule has 3 nitrogen and oxygen atoms in total. The molecule has 0 unspecified atom stereocenters. The third-order valence-electron chi connectivity index (χ3n) is 2.66. The lowest BCUT2D eigenvalue weighted by Crippen LogP contribution is -2.31. The average molecular weight is 240 g/mol. The minimum absolute atomic E-state index is 0.0131. The van der Waals surface area contributed by atoms with Gasteiger partial charge in [-0.15, -0.1) is 11.6 Å². The monoisotopic (exact) mass is 239 g/mol. The number of alkyl halides is 1. The van der Waals surface area contributed by atoms with Crippen molar-refractivity contribution in [1.29, 1.82) is 0 Å². The molecule has 16 heavy (non-hydrogen) atoms. The Kier molecular flexibility index (Phi) is 3.67. The molecule has 1 aromatic rings. The maximum atomic E-state index is 11.4. The third-order valence-corrected chi connectivity index (χ3v) is 2.89. The van der Waals surface area contributed by atoms with Gasteiger partial charge in [0.05, 0.1) is 6.54 Å². The van der Waals surface area contributed by atoms with E-state index in [-0.39, 0.29) is 17.9 Å². The normalized spacial score (nSPS) is 19.8. The van der Waals surface area contributed by atoms with E-state index in [1.54, 1.807) is 4.90 Å². The lowest BCUT2D eigenvalue weighted by Gasteiger charge is -2.16. The van der Waals surface area contributed by atoms with Crippen molar-refractivity contribution in [2.75, 3.05) is 19.0 Å². The summed E-state index contributed by atoms with van der Waals surface area (Å²) in [5, 5.41) is 0. The highest BCUT2D eigenvalue weighted by Crippen LogP contribution is 2.18. The Balaban J connectivity index is 1.88. The van der Waals surface area contributed by atoms with Gasteiger partial charge in [-0.25, -0.2) is 0 Å². The third kappa shape index (κ3) is 2.67. The summed E-state index contributed by atoms with van der Waals surface area (Å²) in [6.45, 7) is 1.38. The van der Waals surface area contributed by atoms with Gasteiger partial charge in [-0.05, 0) is 12.1 Å². The highest BCUT2D eigenvalue weighted by atomic mass is 35.5. The van der Waals surface area contributed by atoms with Gasteiger partial charge >= 0.3 is 0 Å². The van der Waals surface area contributed by atoms with Crippen LogP contribution >= 0.6 is 11.6 Å². The second kappa shape index (κ2) is 5.21. The number of carbonyl (C=O) groups excluding carboxylic acids is 1. The molecule has 0 saturated carbocycles. The van der Waals surface area contributed by atoms with E-state index in [0.29, 0.717) is 6.54 Å². The maximum absolute atomic E-state index is 11.4. The van der Waals surface area contributed by atoms with Crippen molar-refractivity contribution >= 4 is 17.5 Å². The summed E-state index contributed by atoms with van der Waals surface area (Å²) in [7, 11) is 0. The minimum Gasteiger partial charge on any atom is -0.489 e. The molecule has 1 heterocycles. The lowest BCUT2D eigenvalue weighted by molar-refractivity contribution is -0.127. The van der Waals surface area contributed by atoms with Crippen molar-refractivity contribution < 1.29 is 9.53 Å². The van der Waals surface area contributed by atoms with Gasteiger partial charge in [-0.1, -0.05) is 18.2 Å². The van der Waals surface area contributed by atoms with Crippen LogP contribution in [0.15, 0.2) is 30.3 Å². The first-order valence-electron chi connectivity index (χ1n) is 5.35. The standard InChI is InChI=1S/C12H14ClNO2/c13-8-12(15)14-7-6-11(9-14)16-10-4-2-1-3-5-10/h1-5,11H,6-9H2/t11-/m1/s1. The van der Waals surface area contributed by atoms with Crippen LogP contribution in [0.2, 0.25) is 0 Å². The molecule has 0 N–H and O–H groups in total. The van der Waals surface area contributed by atoms with Crippen molar-refractivity contribution in [1.82, 2.24) is 4.90 Å². The van der Waals surface area contributed by atoms with Crippen LogP contribution in [-0.2, 0) is 4.79 Å². The first-order valence-corrected chi connectivity index (χ1v) is 5.88. The molecule has 1 saturated heterocycles. The number of halogens is 1. The largest absolute Gasteiger partial charge is 0.489 e. The fourth-order valence-electron chi connectivity index (χ4n) is 1.83. The summed E-state index contributed by atoms with van der Waals surface area (Å²) in [6.07, 6.45) is 0.965. The number of carbonyl (C=O) groups is 1. The number of hydrogen-bond donors (Lipinski definition) is 0.